The SMILES string of the molecule is COC(C)(C)CNC(C)c1ccc(C#N)s1. The number of nitriles is 1. The monoisotopic (exact) mass is 238 g/mol. The molecule has 0 aliphatic carbocycles. The molecule has 0 aromatic carbocycles. The molecule has 0 amide bonds. The molecule has 1 unspecified atom stereocenters. The van der Waals surface area contributed by atoms with E-state index in [0.717, 1.165) is 11.4 Å². The van der Waals surface area contributed by atoms with Gasteiger partial charge in [0.15, 0.2) is 0 Å². The topological polar surface area (TPSA) is 45.0 Å². The number of nitrogens with one attached hydrogen (secondary N) is 1. The van der Waals surface area contributed by atoms with Crippen LogP contribution in [0.15, 0.2) is 12.1 Å². The lowest BCUT2D eigenvalue weighted by atomic mass is 10.1. The van der Waals surface area contributed by atoms with Gasteiger partial charge in [-0.25, -0.2) is 0 Å². The standard InChI is InChI=1S/C12H18N2OS/c1-9(14-8-12(2,3)15-4)11-6-5-10(7-13)16-11/h5-6,9,14H,8H2,1-4H3. The summed E-state index contributed by atoms with van der Waals surface area (Å²) in [4.78, 5) is 1.94. The summed E-state index contributed by atoms with van der Waals surface area (Å²) in [6.45, 7) is 6.97. The van der Waals surface area contributed by atoms with E-state index >= 15 is 0 Å². The van der Waals surface area contributed by atoms with Crippen LogP contribution in [0.1, 0.15) is 36.6 Å². The highest BCUT2D eigenvalue weighted by atomic mass is 32.1. The Bertz CT molecular complexity index is 379. The van der Waals surface area contributed by atoms with Crippen LogP contribution < -0.4 is 5.32 Å². The average Bonchev–Trinajstić information content (AvgIpc) is 2.74. The molecule has 0 saturated carbocycles. The van der Waals surface area contributed by atoms with E-state index in [-0.39, 0.29) is 11.6 Å². The van der Waals surface area contributed by atoms with Gasteiger partial charge in [0, 0.05) is 24.6 Å². The van der Waals surface area contributed by atoms with Gasteiger partial charge in [0.2, 0.25) is 0 Å². The van der Waals surface area contributed by atoms with Gasteiger partial charge in [0.25, 0.3) is 0 Å². The predicted molar refractivity (Wildman–Crippen MR) is 66.5 cm³/mol. The molecule has 3 nitrogen and oxygen atoms in total. The molecular formula is C12H18N2OS. The molecule has 0 radical (unpaired) electrons. The molecule has 16 heavy (non-hydrogen) atoms. The number of nitrogens with zero attached hydrogens (tertiary/aromatic N) is 1. The smallest absolute Gasteiger partial charge is 0.110 e. The lowest BCUT2D eigenvalue weighted by Gasteiger charge is -2.25. The van der Waals surface area contributed by atoms with Crippen LogP contribution in [0, 0.1) is 11.3 Å². The van der Waals surface area contributed by atoms with Crippen LogP contribution in [0.3, 0.4) is 0 Å². The van der Waals surface area contributed by atoms with Gasteiger partial charge < -0.3 is 10.1 Å². The van der Waals surface area contributed by atoms with Gasteiger partial charge in [-0.05, 0) is 32.9 Å². The van der Waals surface area contributed by atoms with Crippen molar-refractivity contribution in [3.05, 3.63) is 21.9 Å². The molecule has 0 aliphatic heterocycles. The van der Waals surface area contributed by atoms with E-state index in [2.05, 4.69) is 18.3 Å². The van der Waals surface area contributed by atoms with E-state index in [4.69, 9.17) is 10.00 Å². The first-order valence-corrected chi connectivity index (χ1v) is 6.08. The first kappa shape index (κ1) is 13.2. The van der Waals surface area contributed by atoms with Crippen LogP contribution in [-0.2, 0) is 4.74 Å². The van der Waals surface area contributed by atoms with Crippen molar-refractivity contribution in [3.8, 4) is 6.07 Å². The van der Waals surface area contributed by atoms with Crippen molar-refractivity contribution in [2.75, 3.05) is 13.7 Å². The highest BCUT2D eigenvalue weighted by molar-refractivity contribution is 7.12. The summed E-state index contributed by atoms with van der Waals surface area (Å²) in [7, 11) is 1.71. The van der Waals surface area contributed by atoms with Crippen molar-refractivity contribution >= 4 is 11.3 Å². The fourth-order valence-electron chi connectivity index (χ4n) is 1.22. The van der Waals surface area contributed by atoms with E-state index in [9.17, 15) is 0 Å². The van der Waals surface area contributed by atoms with Gasteiger partial charge in [-0.2, -0.15) is 5.26 Å². The second-order valence-electron chi connectivity index (χ2n) is 4.38. The Labute approximate surface area is 101 Å². The van der Waals surface area contributed by atoms with Gasteiger partial charge in [-0.3, -0.25) is 0 Å². The molecular weight excluding hydrogens is 220 g/mol. The Hall–Kier alpha value is -0.890. The first-order valence-electron chi connectivity index (χ1n) is 5.27. The van der Waals surface area contributed by atoms with Crippen molar-refractivity contribution in [3.63, 3.8) is 0 Å². The molecule has 88 valence electrons. The van der Waals surface area contributed by atoms with Gasteiger partial charge in [-0.15, -0.1) is 11.3 Å². The minimum absolute atomic E-state index is 0.163. The fourth-order valence-corrected chi connectivity index (χ4v) is 2.05. The second-order valence-corrected chi connectivity index (χ2v) is 5.50. The van der Waals surface area contributed by atoms with Crippen molar-refractivity contribution in [2.45, 2.75) is 32.4 Å². The molecule has 1 N–H and O–H groups in total. The average molecular weight is 238 g/mol. The van der Waals surface area contributed by atoms with E-state index < -0.39 is 0 Å². The summed E-state index contributed by atoms with van der Waals surface area (Å²) in [6, 6.07) is 6.26. The Morgan fingerprint density at radius 3 is 2.75 bits per heavy atom. The third-order valence-electron chi connectivity index (χ3n) is 2.55. The molecule has 1 rings (SSSR count). The number of ether oxygens (including phenoxy) is 1. The minimum atomic E-state index is -0.163. The van der Waals surface area contributed by atoms with Crippen molar-refractivity contribution in [1.82, 2.24) is 5.32 Å². The maximum Gasteiger partial charge on any atom is 0.110 e. The maximum atomic E-state index is 8.75. The number of rotatable bonds is 5. The maximum absolute atomic E-state index is 8.75. The third kappa shape index (κ3) is 3.60. The van der Waals surface area contributed by atoms with Crippen LogP contribution in [0.5, 0.6) is 0 Å². The van der Waals surface area contributed by atoms with Crippen molar-refractivity contribution in [2.24, 2.45) is 0 Å². The molecule has 0 fully saturated rings. The summed E-state index contributed by atoms with van der Waals surface area (Å²) in [5.41, 5.74) is -0.163. The van der Waals surface area contributed by atoms with Gasteiger partial charge in [0.1, 0.15) is 10.9 Å². The van der Waals surface area contributed by atoms with E-state index in [0.29, 0.717) is 0 Å². The number of hydrogen-bond donors (Lipinski definition) is 1. The van der Waals surface area contributed by atoms with Crippen LogP contribution in [0.4, 0.5) is 0 Å². The highest BCUT2D eigenvalue weighted by Crippen LogP contribution is 2.22. The summed E-state index contributed by atoms with van der Waals surface area (Å²) < 4.78 is 5.34. The van der Waals surface area contributed by atoms with Gasteiger partial charge >= 0.3 is 0 Å². The molecule has 1 aromatic rings. The van der Waals surface area contributed by atoms with Crippen LogP contribution in [-0.4, -0.2) is 19.3 Å². The minimum Gasteiger partial charge on any atom is -0.377 e. The zero-order valence-electron chi connectivity index (χ0n) is 10.2. The Morgan fingerprint density at radius 1 is 1.56 bits per heavy atom. The third-order valence-corrected chi connectivity index (χ3v) is 3.72. The number of thiophene rings is 1. The molecule has 0 spiro atoms. The largest absolute Gasteiger partial charge is 0.377 e. The Morgan fingerprint density at radius 2 is 2.25 bits per heavy atom. The molecule has 0 saturated heterocycles. The number of hydrogen-bond acceptors (Lipinski definition) is 4. The van der Waals surface area contributed by atoms with E-state index in [1.165, 1.54) is 16.2 Å². The lowest BCUT2D eigenvalue weighted by Crippen LogP contribution is -2.37. The Kier molecular flexibility index (Phi) is 4.48. The van der Waals surface area contributed by atoms with E-state index in [1.807, 2.05) is 26.0 Å². The van der Waals surface area contributed by atoms with Crippen LogP contribution in [0.2, 0.25) is 0 Å². The molecule has 0 bridgehead atoms. The van der Waals surface area contributed by atoms with Crippen molar-refractivity contribution < 1.29 is 4.74 Å². The lowest BCUT2D eigenvalue weighted by molar-refractivity contribution is 0.0215. The fraction of sp³-hybridized carbons (Fsp3) is 0.583. The molecule has 0 aliphatic rings. The van der Waals surface area contributed by atoms with Gasteiger partial charge in [-0.1, -0.05) is 0 Å². The van der Waals surface area contributed by atoms with Crippen LogP contribution in [0.25, 0.3) is 0 Å². The van der Waals surface area contributed by atoms with Gasteiger partial charge in [0.05, 0.1) is 5.60 Å². The molecule has 1 atom stereocenters. The predicted octanol–water partition coefficient (Wildman–Crippen LogP) is 2.70. The van der Waals surface area contributed by atoms with Crippen LogP contribution >= 0.6 is 11.3 Å². The molecule has 4 heteroatoms. The molecule has 1 aromatic heterocycles. The summed E-state index contributed by atoms with van der Waals surface area (Å²) in [5, 5.41) is 12.2. The Balaban J connectivity index is 2.53. The molecule has 1 heterocycles. The normalized spacial score (nSPS) is 13.4. The zero-order chi connectivity index (χ0) is 12.2. The quantitative estimate of drug-likeness (QED) is 0.857. The van der Waals surface area contributed by atoms with Crippen molar-refractivity contribution in [1.29, 1.82) is 5.26 Å². The number of methoxy groups -OCH3 is 1. The zero-order valence-corrected chi connectivity index (χ0v) is 11.0. The summed E-state index contributed by atoms with van der Waals surface area (Å²) in [5.74, 6) is 0. The highest BCUT2D eigenvalue weighted by Gasteiger charge is 2.18. The first-order chi connectivity index (χ1) is 7.48. The van der Waals surface area contributed by atoms with E-state index in [1.54, 1.807) is 7.11 Å². The summed E-state index contributed by atoms with van der Waals surface area (Å²) in [6.07, 6.45) is 0. The second kappa shape index (κ2) is 5.44. The summed E-state index contributed by atoms with van der Waals surface area (Å²) >= 11 is 1.53.